The molecule has 1 heterocycles. The summed E-state index contributed by atoms with van der Waals surface area (Å²) in [6.07, 6.45) is 0. The van der Waals surface area contributed by atoms with Crippen molar-refractivity contribution in [2.45, 2.75) is 19.4 Å². The van der Waals surface area contributed by atoms with Crippen LogP contribution in [0.25, 0.3) is 0 Å². The third-order valence-electron chi connectivity index (χ3n) is 2.92. The fourth-order valence-corrected chi connectivity index (χ4v) is 2.02. The van der Waals surface area contributed by atoms with E-state index in [0.29, 0.717) is 18.0 Å². The summed E-state index contributed by atoms with van der Waals surface area (Å²) in [5.74, 6) is 0.189. The van der Waals surface area contributed by atoms with E-state index in [9.17, 15) is 14.9 Å². The number of benzene rings is 1. The molecule has 2 N–H and O–H groups in total. The summed E-state index contributed by atoms with van der Waals surface area (Å²) in [6.45, 7) is 3.87. The van der Waals surface area contributed by atoms with E-state index in [-0.39, 0.29) is 18.1 Å². The average molecular weight is 265 g/mol. The molecule has 2 rings (SSSR count). The SMILES string of the molecule is CC1(C)Oc2ccc([N+](=O)[O-])cc2N(CCN)C1=O. The van der Waals surface area contributed by atoms with Gasteiger partial charge in [-0.25, -0.2) is 0 Å². The zero-order valence-electron chi connectivity index (χ0n) is 10.8. The van der Waals surface area contributed by atoms with Gasteiger partial charge in [-0.2, -0.15) is 0 Å². The second kappa shape index (κ2) is 4.51. The van der Waals surface area contributed by atoms with Crippen molar-refractivity contribution in [2.24, 2.45) is 5.73 Å². The Balaban J connectivity index is 2.53. The number of hydrogen-bond donors (Lipinski definition) is 1. The Morgan fingerprint density at radius 3 is 2.74 bits per heavy atom. The Kier molecular flexibility index (Phi) is 3.15. The predicted molar refractivity (Wildman–Crippen MR) is 69.2 cm³/mol. The van der Waals surface area contributed by atoms with Gasteiger partial charge in [0.15, 0.2) is 5.60 Å². The Labute approximate surface area is 110 Å². The number of nitro groups is 1. The number of nitrogens with zero attached hydrogens (tertiary/aromatic N) is 2. The molecule has 0 bridgehead atoms. The molecule has 0 radical (unpaired) electrons. The summed E-state index contributed by atoms with van der Waals surface area (Å²) in [6, 6.07) is 4.19. The highest BCUT2D eigenvalue weighted by molar-refractivity contribution is 6.02. The fourth-order valence-electron chi connectivity index (χ4n) is 2.02. The highest BCUT2D eigenvalue weighted by atomic mass is 16.6. The van der Waals surface area contributed by atoms with Crippen molar-refractivity contribution in [2.75, 3.05) is 18.0 Å². The van der Waals surface area contributed by atoms with E-state index >= 15 is 0 Å². The van der Waals surface area contributed by atoms with Crippen LogP contribution in [0.15, 0.2) is 18.2 Å². The first-order valence-electron chi connectivity index (χ1n) is 5.86. The van der Waals surface area contributed by atoms with Gasteiger partial charge >= 0.3 is 0 Å². The number of fused-ring (bicyclic) bond motifs is 1. The van der Waals surface area contributed by atoms with Gasteiger partial charge in [0.05, 0.1) is 10.6 Å². The number of amides is 1. The lowest BCUT2D eigenvalue weighted by Crippen LogP contribution is -2.53. The van der Waals surface area contributed by atoms with Crippen LogP contribution in [0.4, 0.5) is 11.4 Å². The lowest BCUT2D eigenvalue weighted by molar-refractivity contribution is -0.384. The van der Waals surface area contributed by atoms with Crippen LogP contribution in [0.1, 0.15) is 13.8 Å². The molecule has 1 aromatic rings. The summed E-state index contributed by atoms with van der Waals surface area (Å²) in [5, 5.41) is 10.8. The van der Waals surface area contributed by atoms with E-state index in [2.05, 4.69) is 0 Å². The molecule has 0 atom stereocenters. The van der Waals surface area contributed by atoms with Gasteiger partial charge in [0.2, 0.25) is 0 Å². The van der Waals surface area contributed by atoms with E-state index < -0.39 is 10.5 Å². The first kappa shape index (κ1) is 13.3. The van der Waals surface area contributed by atoms with Crippen LogP contribution < -0.4 is 15.4 Å². The number of nitro benzene ring substituents is 1. The highest BCUT2D eigenvalue weighted by Gasteiger charge is 2.41. The van der Waals surface area contributed by atoms with Gasteiger partial charge < -0.3 is 15.4 Å². The minimum Gasteiger partial charge on any atom is -0.476 e. The van der Waals surface area contributed by atoms with E-state index in [0.717, 1.165) is 0 Å². The van der Waals surface area contributed by atoms with Crippen LogP contribution in [-0.2, 0) is 4.79 Å². The van der Waals surface area contributed by atoms with Gasteiger partial charge in [-0.3, -0.25) is 14.9 Å². The minimum absolute atomic E-state index is 0.0862. The molecule has 1 aliphatic rings. The Bertz CT molecular complexity index is 542. The molecule has 0 saturated heterocycles. The van der Waals surface area contributed by atoms with Crippen LogP contribution >= 0.6 is 0 Å². The molecule has 1 amide bonds. The zero-order chi connectivity index (χ0) is 14.2. The number of nitrogens with two attached hydrogens (primary N) is 1. The molecular formula is C12H15N3O4. The number of non-ortho nitro benzene ring substituents is 1. The maximum atomic E-state index is 12.3. The Morgan fingerprint density at radius 1 is 1.47 bits per heavy atom. The maximum Gasteiger partial charge on any atom is 0.271 e. The topological polar surface area (TPSA) is 98.7 Å². The van der Waals surface area contributed by atoms with E-state index in [4.69, 9.17) is 10.5 Å². The molecule has 0 fully saturated rings. The summed E-state index contributed by atoms with van der Waals surface area (Å²) in [7, 11) is 0. The molecule has 0 spiro atoms. The molecule has 0 aliphatic carbocycles. The molecule has 19 heavy (non-hydrogen) atoms. The summed E-state index contributed by atoms with van der Waals surface area (Å²) < 4.78 is 5.59. The van der Waals surface area contributed by atoms with Crippen LogP contribution in [0.2, 0.25) is 0 Å². The lowest BCUT2D eigenvalue weighted by Gasteiger charge is -2.38. The second-order valence-electron chi connectivity index (χ2n) is 4.77. The number of hydrogen-bond acceptors (Lipinski definition) is 5. The highest BCUT2D eigenvalue weighted by Crippen LogP contribution is 2.39. The van der Waals surface area contributed by atoms with Gasteiger partial charge in [-0.05, 0) is 19.9 Å². The second-order valence-corrected chi connectivity index (χ2v) is 4.77. The Morgan fingerprint density at radius 2 is 2.16 bits per heavy atom. The molecule has 7 nitrogen and oxygen atoms in total. The molecule has 1 aromatic carbocycles. The van der Waals surface area contributed by atoms with Crippen molar-refractivity contribution in [3.8, 4) is 5.75 Å². The van der Waals surface area contributed by atoms with E-state index in [1.54, 1.807) is 13.8 Å². The standard InChI is InChI=1S/C12H15N3O4/c1-12(2)11(16)14(6-5-13)9-7-8(15(17)18)3-4-10(9)19-12/h3-4,7H,5-6,13H2,1-2H3. The van der Waals surface area contributed by atoms with Crippen LogP contribution in [0, 0.1) is 10.1 Å². The van der Waals surface area contributed by atoms with Crippen molar-refractivity contribution in [3.63, 3.8) is 0 Å². The van der Waals surface area contributed by atoms with Crippen LogP contribution in [-0.4, -0.2) is 29.5 Å². The van der Waals surface area contributed by atoms with E-state index in [1.807, 2.05) is 0 Å². The molecule has 0 aromatic heterocycles. The number of ether oxygens (including phenoxy) is 1. The van der Waals surface area contributed by atoms with Gasteiger partial charge in [-0.1, -0.05) is 0 Å². The average Bonchev–Trinajstić information content (AvgIpc) is 2.34. The zero-order valence-corrected chi connectivity index (χ0v) is 10.8. The van der Waals surface area contributed by atoms with E-state index in [1.165, 1.54) is 23.1 Å². The molecule has 0 saturated carbocycles. The maximum absolute atomic E-state index is 12.3. The molecular weight excluding hydrogens is 250 g/mol. The number of anilines is 1. The summed E-state index contributed by atoms with van der Waals surface area (Å²) >= 11 is 0. The van der Waals surface area contributed by atoms with Crippen molar-refractivity contribution < 1.29 is 14.5 Å². The number of rotatable bonds is 3. The fraction of sp³-hybridized carbons (Fsp3) is 0.417. The van der Waals surface area contributed by atoms with Crippen molar-refractivity contribution in [3.05, 3.63) is 28.3 Å². The first-order valence-corrected chi connectivity index (χ1v) is 5.86. The van der Waals surface area contributed by atoms with Crippen molar-refractivity contribution in [1.29, 1.82) is 0 Å². The number of carbonyl (C=O) groups is 1. The normalized spacial score (nSPS) is 16.8. The monoisotopic (exact) mass is 265 g/mol. The quantitative estimate of drug-likeness (QED) is 0.650. The minimum atomic E-state index is -1.00. The largest absolute Gasteiger partial charge is 0.476 e. The smallest absolute Gasteiger partial charge is 0.271 e. The Hall–Kier alpha value is -2.15. The molecule has 0 unspecified atom stereocenters. The first-order chi connectivity index (χ1) is 8.86. The van der Waals surface area contributed by atoms with Gasteiger partial charge in [0, 0.05) is 25.2 Å². The summed E-state index contributed by atoms with van der Waals surface area (Å²) in [4.78, 5) is 24.0. The van der Waals surface area contributed by atoms with Gasteiger partial charge in [-0.15, -0.1) is 0 Å². The molecule has 1 aliphatic heterocycles. The third-order valence-corrected chi connectivity index (χ3v) is 2.92. The van der Waals surface area contributed by atoms with Gasteiger partial charge in [0.1, 0.15) is 5.75 Å². The molecule has 102 valence electrons. The van der Waals surface area contributed by atoms with Crippen LogP contribution in [0.5, 0.6) is 5.75 Å². The predicted octanol–water partition coefficient (Wildman–Crippen LogP) is 1.06. The summed E-state index contributed by atoms with van der Waals surface area (Å²) in [5.41, 5.74) is 4.80. The number of carbonyl (C=O) groups excluding carboxylic acids is 1. The van der Waals surface area contributed by atoms with Crippen molar-refractivity contribution >= 4 is 17.3 Å². The van der Waals surface area contributed by atoms with Crippen molar-refractivity contribution in [1.82, 2.24) is 0 Å². The molecule has 7 heteroatoms. The van der Waals surface area contributed by atoms with Crippen LogP contribution in [0.3, 0.4) is 0 Å². The lowest BCUT2D eigenvalue weighted by atomic mass is 10.0. The van der Waals surface area contributed by atoms with Gasteiger partial charge in [0.25, 0.3) is 11.6 Å². The third kappa shape index (κ3) is 2.24.